The fourth-order valence-electron chi connectivity index (χ4n) is 10.7. The number of benzene rings is 9. The first kappa shape index (κ1) is 34.8. The Hall–Kier alpha value is -7.16. The standard InChI is InChI=1S/C58H43NO/c1-57(2)50-23-12-10-17-42(50)43-31-30-40(34-52(43)57)59(39-28-25-37(26-29-39)41-21-14-22-47-45-19-11-13-24-54(45)60-56(41)47)53-35-49-48-33-38(36-15-6-5-7-16-36)27-32-51(48)58(3,4)55(49)46-20-9-8-18-44(46)53/h5-35H,1-4H3. The van der Waals surface area contributed by atoms with Crippen LogP contribution in [-0.2, 0) is 10.8 Å². The van der Waals surface area contributed by atoms with E-state index in [9.17, 15) is 0 Å². The highest BCUT2D eigenvalue weighted by atomic mass is 16.3. The summed E-state index contributed by atoms with van der Waals surface area (Å²) in [6.45, 7) is 9.53. The summed E-state index contributed by atoms with van der Waals surface area (Å²) in [7, 11) is 0. The molecule has 0 N–H and O–H groups in total. The van der Waals surface area contributed by atoms with E-state index in [-0.39, 0.29) is 10.8 Å². The van der Waals surface area contributed by atoms with E-state index in [0.717, 1.165) is 44.4 Å². The van der Waals surface area contributed by atoms with E-state index >= 15 is 0 Å². The zero-order chi connectivity index (χ0) is 40.3. The van der Waals surface area contributed by atoms with Crippen molar-refractivity contribution in [1.29, 1.82) is 0 Å². The molecule has 0 saturated heterocycles. The van der Waals surface area contributed by atoms with Crippen LogP contribution in [0.2, 0.25) is 0 Å². The molecule has 12 rings (SSSR count). The van der Waals surface area contributed by atoms with Crippen molar-refractivity contribution in [1.82, 2.24) is 0 Å². The molecule has 0 radical (unpaired) electrons. The number of nitrogens with zero attached hydrogens (tertiary/aromatic N) is 1. The Kier molecular flexibility index (Phi) is 7.36. The van der Waals surface area contributed by atoms with Crippen molar-refractivity contribution >= 4 is 49.8 Å². The normalized spacial score (nSPS) is 14.3. The summed E-state index contributed by atoms with van der Waals surface area (Å²) in [6, 6.07) is 69.3. The zero-order valence-corrected chi connectivity index (χ0v) is 34.3. The van der Waals surface area contributed by atoms with Crippen molar-refractivity contribution in [3.05, 3.63) is 210 Å². The fourth-order valence-corrected chi connectivity index (χ4v) is 10.7. The molecule has 60 heavy (non-hydrogen) atoms. The van der Waals surface area contributed by atoms with Crippen LogP contribution in [0, 0.1) is 0 Å². The smallest absolute Gasteiger partial charge is 0.143 e. The van der Waals surface area contributed by atoms with Crippen LogP contribution in [0.4, 0.5) is 17.1 Å². The first-order valence-corrected chi connectivity index (χ1v) is 21.1. The lowest BCUT2D eigenvalue weighted by Crippen LogP contribution is -2.17. The van der Waals surface area contributed by atoms with Crippen molar-refractivity contribution in [3.8, 4) is 44.5 Å². The topological polar surface area (TPSA) is 16.4 Å². The highest BCUT2D eigenvalue weighted by molar-refractivity contribution is 6.10. The molecule has 2 aliphatic rings. The average Bonchev–Trinajstić information content (AvgIpc) is 3.86. The van der Waals surface area contributed by atoms with Gasteiger partial charge in [0.15, 0.2) is 0 Å². The maximum absolute atomic E-state index is 6.51. The van der Waals surface area contributed by atoms with Gasteiger partial charge in [-0.15, -0.1) is 0 Å². The van der Waals surface area contributed by atoms with Crippen LogP contribution >= 0.6 is 0 Å². The predicted molar refractivity (Wildman–Crippen MR) is 252 cm³/mol. The Balaban J connectivity index is 1.09. The van der Waals surface area contributed by atoms with Crippen LogP contribution in [0.1, 0.15) is 49.9 Å². The number of anilines is 3. The molecule has 0 fully saturated rings. The molecule has 1 aromatic heterocycles. The summed E-state index contributed by atoms with van der Waals surface area (Å²) in [5, 5.41) is 4.81. The quantitative estimate of drug-likeness (QED) is 0.173. The second-order valence-corrected chi connectivity index (χ2v) is 17.7. The van der Waals surface area contributed by atoms with Crippen LogP contribution in [-0.4, -0.2) is 0 Å². The van der Waals surface area contributed by atoms with Crippen molar-refractivity contribution in [2.24, 2.45) is 0 Å². The molecule has 286 valence electrons. The minimum Gasteiger partial charge on any atom is -0.455 e. The third-order valence-corrected chi connectivity index (χ3v) is 13.6. The van der Waals surface area contributed by atoms with Crippen LogP contribution in [0.15, 0.2) is 192 Å². The predicted octanol–water partition coefficient (Wildman–Crippen LogP) is 16.2. The number of rotatable bonds is 5. The summed E-state index contributed by atoms with van der Waals surface area (Å²) >= 11 is 0. The van der Waals surface area contributed by atoms with Crippen molar-refractivity contribution < 1.29 is 4.42 Å². The number of hydrogen-bond acceptors (Lipinski definition) is 2. The van der Waals surface area contributed by atoms with Gasteiger partial charge in [-0.2, -0.15) is 0 Å². The lowest BCUT2D eigenvalue weighted by molar-refractivity contribution is 0.660. The number of furan rings is 1. The number of para-hydroxylation sites is 2. The number of fused-ring (bicyclic) bond motifs is 11. The van der Waals surface area contributed by atoms with Gasteiger partial charge >= 0.3 is 0 Å². The van der Waals surface area contributed by atoms with Crippen molar-refractivity contribution in [3.63, 3.8) is 0 Å². The molecule has 0 spiro atoms. The first-order valence-electron chi connectivity index (χ1n) is 21.1. The van der Waals surface area contributed by atoms with Crippen LogP contribution in [0.5, 0.6) is 0 Å². The Morgan fingerprint density at radius 2 is 1.00 bits per heavy atom. The van der Waals surface area contributed by atoms with Crippen molar-refractivity contribution in [2.75, 3.05) is 4.90 Å². The summed E-state index contributed by atoms with van der Waals surface area (Å²) in [5.74, 6) is 0. The second kappa shape index (κ2) is 12.7. The monoisotopic (exact) mass is 769 g/mol. The maximum Gasteiger partial charge on any atom is 0.143 e. The highest BCUT2D eigenvalue weighted by Crippen LogP contribution is 2.56. The van der Waals surface area contributed by atoms with E-state index in [2.05, 4.69) is 215 Å². The Labute approximate surface area is 351 Å². The highest BCUT2D eigenvalue weighted by Gasteiger charge is 2.39. The van der Waals surface area contributed by atoms with Gasteiger partial charge in [-0.25, -0.2) is 0 Å². The molecule has 0 atom stereocenters. The van der Waals surface area contributed by atoms with E-state index in [1.807, 2.05) is 6.07 Å². The molecule has 2 heteroatoms. The zero-order valence-electron chi connectivity index (χ0n) is 34.3. The molecule has 2 aliphatic carbocycles. The Bertz CT molecular complexity index is 3370. The fraction of sp³-hybridized carbons (Fsp3) is 0.103. The molecule has 0 unspecified atom stereocenters. The van der Waals surface area contributed by atoms with Crippen LogP contribution in [0.25, 0.3) is 77.2 Å². The van der Waals surface area contributed by atoms with E-state index < -0.39 is 0 Å². The molecule has 0 saturated carbocycles. The summed E-state index contributed by atoms with van der Waals surface area (Å²) in [5.41, 5.74) is 20.3. The maximum atomic E-state index is 6.51. The van der Waals surface area contributed by atoms with Gasteiger partial charge in [-0.05, 0) is 109 Å². The van der Waals surface area contributed by atoms with Gasteiger partial charge in [0.2, 0.25) is 0 Å². The largest absolute Gasteiger partial charge is 0.455 e. The van der Waals surface area contributed by atoms with Crippen molar-refractivity contribution in [2.45, 2.75) is 38.5 Å². The third kappa shape index (κ3) is 4.94. The van der Waals surface area contributed by atoms with Gasteiger partial charge in [-0.1, -0.05) is 173 Å². The molecular weight excluding hydrogens is 727 g/mol. The SMILES string of the molecule is CC1(C)c2ccccc2-c2ccc(N(c3ccc(-c4cccc5c4oc4ccccc45)cc3)c3cc4c(c5ccccc35)C(C)(C)c3ccc(-c5ccccc5)cc3-4)cc21. The molecule has 9 aromatic carbocycles. The van der Waals surface area contributed by atoms with E-state index in [0.29, 0.717) is 0 Å². The molecule has 0 bridgehead atoms. The lowest BCUT2D eigenvalue weighted by Gasteiger charge is -2.31. The van der Waals surface area contributed by atoms with E-state index in [1.54, 1.807) is 0 Å². The summed E-state index contributed by atoms with van der Waals surface area (Å²) < 4.78 is 6.51. The Morgan fingerprint density at radius 3 is 1.83 bits per heavy atom. The summed E-state index contributed by atoms with van der Waals surface area (Å²) in [6.07, 6.45) is 0. The van der Waals surface area contributed by atoms with E-state index in [4.69, 9.17) is 4.42 Å². The second-order valence-electron chi connectivity index (χ2n) is 17.7. The minimum absolute atomic E-state index is 0.139. The molecular formula is C58H43NO. The molecule has 0 amide bonds. The molecule has 2 nitrogen and oxygen atoms in total. The first-order chi connectivity index (χ1) is 29.3. The van der Waals surface area contributed by atoms with Gasteiger partial charge in [-0.3, -0.25) is 0 Å². The molecule has 10 aromatic rings. The lowest BCUT2D eigenvalue weighted by atomic mass is 9.79. The molecule has 0 aliphatic heterocycles. The summed E-state index contributed by atoms with van der Waals surface area (Å²) in [4.78, 5) is 2.50. The van der Waals surface area contributed by atoms with E-state index in [1.165, 1.54) is 72.1 Å². The molecule has 1 heterocycles. The van der Waals surface area contributed by atoms with Gasteiger partial charge in [0, 0.05) is 43.9 Å². The van der Waals surface area contributed by atoms with Gasteiger partial charge in [0.25, 0.3) is 0 Å². The Morgan fingerprint density at radius 1 is 0.367 bits per heavy atom. The van der Waals surface area contributed by atoms with Crippen LogP contribution in [0.3, 0.4) is 0 Å². The number of hydrogen-bond donors (Lipinski definition) is 0. The average molecular weight is 770 g/mol. The van der Waals surface area contributed by atoms with Gasteiger partial charge < -0.3 is 9.32 Å². The van der Waals surface area contributed by atoms with Crippen LogP contribution < -0.4 is 4.90 Å². The van der Waals surface area contributed by atoms with Gasteiger partial charge in [0.1, 0.15) is 11.2 Å². The van der Waals surface area contributed by atoms with Gasteiger partial charge in [0.05, 0.1) is 5.69 Å². The minimum atomic E-state index is -0.175. The third-order valence-electron chi connectivity index (χ3n) is 13.6.